The van der Waals surface area contributed by atoms with Crippen LogP contribution in [0.1, 0.15) is 36.6 Å². The Morgan fingerprint density at radius 2 is 2.11 bits per heavy atom. The molecule has 0 fully saturated rings. The number of hydrogen-bond acceptors (Lipinski definition) is 3. The van der Waals surface area contributed by atoms with Gasteiger partial charge < -0.3 is 20.8 Å². The van der Waals surface area contributed by atoms with E-state index in [9.17, 15) is 4.79 Å². The van der Waals surface area contributed by atoms with Crippen LogP contribution in [0.5, 0.6) is 0 Å². The lowest BCUT2D eigenvalue weighted by Gasteiger charge is -2.09. The van der Waals surface area contributed by atoms with Crippen LogP contribution in [0.4, 0.5) is 0 Å². The summed E-state index contributed by atoms with van der Waals surface area (Å²) in [4.78, 5) is 15.2. The summed E-state index contributed by atoms with van der Waals surface area (Å²) in [6.07, 6.45) is 1.02. The van der Waals surface area contributed by atoms with Gasteiger partial charge in [-0.3, -0.25) is 4.79 Å². The molecule has 7 heteroatoms. The first-order chi connectivity index (χ1) is 8.67. The summed E-state index contributed by atoms with van der Waals surface area (Å²) in [7, 11) is 0. The first-order valence-corrected chi connectivity index (χ1v) is 6.08. The zero-order valence-electron chi connectivity index (χ0n) is 11.2. The minimum Gasteiger partial charge on any atom is -0.454 e. The number of hydrogen-bond donors (Lipinski definition) is 3. The summed E-state index contributed by atoms with van der Waals surface area (Å²) in [5.41, 5.74) is 5.10. The highest BCUT2D eigenvalue weighted by Gasteiger charge is 2.06. The van der Waals surface area contributed by atoms with E-state index in [-0.39, 0.29) is 29.7 Å². The molecule has 0 aliphatic carbocycles. The second-order valence-corrected chi connectivity index (χ2v) is 3.75. The lowest BCUT2D eigenvalue weighted by atomic mass is 10.4. The third kappa shape index (κ3) is 6.46. The molecule has 0 saturated heterocycles. The molecule has 0 atom stereocenters. The fourth-order valence-corrected chi connectivity index (χ4v) is 1.34. The first-order valence-electron chi connectivity index (χ1n) is 6.08. The molecule has 1 aromatic heterocycles. The molecule has 1 aromatic rings. The number of rotatable bonds is 6. The number of guanidine groups is 1. The lowest BCUT2D eigenvalue weighted by Crippen LogP contribution is -2.37. The number of primary amides is 1. The number of nitrogens with one attached hydrogen (secondary N) is 2. The number of halogens is 1. The van der Waals surface area contributed by atoms with Crippen LogP contribution in [0.15, 0.2) is 21.5 Å². The molecule has 0 saturated carbocycles. The van der Waals surface area contributed by atoms with Crippen molar-refractivity contribution in [1.82, 2.24) is 10.6 Å². The van der Waals surface area contributed by atoms with Gasteiger partial charge in [0.25, 0.3) is 5.91 Å². The van der Waals surface area contributed by atoms with Crippen molar-refractivity contribution in [3.05, 3.63) is 23.7 Å². The molecular formula is C12H21IN4O2. The molecule has 1 heterocycles. The van der Waals surface area contributed by atoms with Crippen LogP contribution in [-0.4, -0.2) is 25.0 Å². The van der Waals surface area contributed by atoms with Gasteiger partial charge in [0, 0.05) is 13.1 Å². The maximum absolute atomic E-state index is 10.9. The number of carbonyl (C=O) groups excluding carboxylic acids is 1. The Labute approximate surface area is 130 Å². The summed E-state index contributed by atoms with van der Waals surface area (Å²) in [6, 6.07) is 3.26. The summed E-state index contributed by atoms with van der Waals surface area (Å²) in [5, 5.41) is 6.30. The summed E-state index contributed by atoms with van der Waals surface area (Å²) in [6.45, 7) is 6.10. The Kier molecular flexibility index (Phi) is 9.02. The molecule has 1 rings (SSSR count). The molecule has 0 unspecified atom stereocenters. The van der Waals surface area contributed by atoms with Crippen molar-refractivity contribution in [2.75, 3.05) is 13.1 Å². The molecule has 1 amide bonds. The quantitative estimate of drug-likeness (QED) is 0.396. The average Bonchev–Trinajstić information content (AvgIpc) is 2.81. The van der Waals surface area contributed by atoms with E-state index in [2.05, 4.69) is 22.5 Å². The van der Waals surface area contributed by atoms with Crippen molar-refractivity contribution in [2.24, 2.45) is 10.7 Å². The maximum Gasteiger partial charge on any atom is 0.284 e. The van der Waals surface area contributed by atoms with Crippen molar-refractivity contribution >= 4 is 35.8 Å². The van der Waals surface area contributed by atoms with Crippen molar-refractivity contribution in [3.8, 4) is 0 Å². The average molecular weight is 380 g/mol. The molecule has 4 N–H and O–H groups in total. The van der Waals surface area contributed by atoms with Crippen molar-refractivity contribution in [3.63, 3.8) is 0 Å². The standard InChI is InChI=1S/C12H20N4O2.HI/c1-3-7-15-12(14-4-2)16-8-9-5-6-10(18-9)11(13)17;/h5-6H,3-4,7-8H2,1-2H3,(H2,13,17)(H2,14,15,16);1H. The van der Waals surface area contributed by atoms with Crippen LogP contribution in [-0.2, 0) is 6.54 Å². The second-order valence-electron chi connectivity index (χ2n) is 3.75. The molecule has 0 spiro atoms. The van der Waals surface area contributed by atoms with Gasteiger partial charge in [-0.2, -0.15) is 0 Å². The Bertz CT molecular complexity index is 418. The predicted octanol–water partition coefficient (Wildman–Crippen LogP) is 1.46. The predicted molar refractivity (Wildman–Crippen MR) is 85.8 cm³/mol. The normalized spacial score (nSPS) is 10.7. The van der Waals surface area contributed by atoms with E-state index < -0.39 is 5.91 Å². The zero-order chi connectivity index (χ0) is 13.4. The zero-order valence-corrected chi connectivity index (χ0v) is 13.6. The molecule has 6 nitrogen and oxygen atoms in total. The van der Waals surface area contributed by atoms with Gasteiger partial charge in [-0.25, -0.2) is 4.99 Å². The lowest BCUT2D eigenvalue weighted by molar-refractivity contribution is 0.0972. The Morgan fingerprint density at radius 3 is 2.63 bits per heavy atom. The number of furan rings is 1. The Balaban J connectivity index is 0.00000324. The SMILES string of the molecule is CCCNC(=NCc1ccc(C(N)=O)o1)NCC.I. The number of carbonyl (C=O) groups is 1. The minimum atomic E-state index is -0.568. The van der Waals surface area contributed by atoms with E-state index >= 15 is 0 Å². The van der Waals surface area contributed by atoms with E-state index in [1.165, 1.54) is 0 Å². The molecule has 0 aliphatic rings. The van der Waals surface area contributed by atoms with Crippen LogP contribution < -0.4 is 16.4 Å². The van der Waals surface area contributed by atoms with Crippen LogP contribution in [0.25, 0.3) is 0 Å². The summed E-state index contributed by atoms with van der Waals surface area (Å²) < 4.78 is 5.24. The van der Waals surface area contributed by atoms with Crippen LogP contribution in [0.2, 0.25) is 0 Å². The third-order valence-corrected chi connectivity index (χ3v) is 2.18. The van der Waals surface area contributed by atoms with E-state index in [4.69, 9.17) is 10.2 Å². The Morgan fingerprint density at radius 1 is 1.37 bits per heavy atom. The number of aliphatic imine (C=N–C) groups is 1. The highest BCUT2D eigenvalue weighted by Crippen LogP contribution is 2.08. The van der Waals surface area contributed by atoms with Gasteiger partial charge in [0.2, 0.25) is 0 Å². The van der Waals surface area contributed by atoms with Gasteiger partial charge in [0.05, 0.1) is 0 Å². The molecular weight excluding hydrogens is 359 g/mol. The van der Waals surface area contributed by atoms with E-state index in [1.54, 1.807) is 12.1 Å². The summed E-state index contributed by atoms with van der Waals surface area (Å²) >= 11 is 0. The first kappa shape index (κ1) is 17.8. The largest absolute Gasteiger partial charge is 0.454 e. The van der Waals surface area contributed by atoms with Crippen LogP contribution in [0, 0.1) is 0 Å². The molecule has 0 aromatic carbocycles. The van der Waals surface area contributed by atoms with Gasteiger partial charge in [-0.1, -0.05) is 6.92 Å². The highest BCUT2D eigenvalue weighted by molar-refractivity contribution is 14.0. The van der Waals surface area contributed by atoms with E-state index in [0.717, 1.165) is 25.5 Å². The van der Waals surface area contributed by atoms with Crippen LogP contribution >= 0.6 is 24.0 Å². The van der Waals surface area contributed by atoms with E-state index in [1.807, 2.05) is 6.92 Å². The summed E-state index contributed by atoms with van der Waals surface area (Å²) in [5.74, 6) is 0.932. The monoisotopic (exact) mass is 380 g/mol. The molecule has 0 radical (unpaired) electrons. The number of nitrogens with two attached hydrogens (primary N) is 1. The van der Waals surface area contributed by atoms with Crippen molar-refractivity contribution in [1.29, 1.82) is 0 Å². The molecule has 19 heavy (non-hydrogen) atoms. The van der Waals surface area contributed by atoms with Gasteiger partial charge >= 0.3 is 0 Å². The highest BCUT2D eigenvalue weighted by atomic mass is 127. The minimum absolute atomic E-state index is 0. The topological polar surface area (TPSA) is 92.6 Å². The van der Waals surface area contributed by atoms with Gasteiger partial charge in [0.15, 0.2) is 11.7 Å². The second kappa shape index (κ2) is 9.65. The Hall–Kier alpha value is -1.25. The van der Waals surface area contributed by atoms with Gasteiger partial charge in [-0.15, -0.1) is 24.0 Å². The fourth-order valence-electron chi connectivity index (χ4n) is 1.34. The van der Waals surface area contributed by atoms with E-state index in [0.29, 0.717) is 12.3 Å². The van der Waals surface area contributed by atoms with Crippen molar-refractivity contribution < 1.29 is 9.21 Å². The van der Waals surface area contributed by atoms with Crippen molar-refractivity contribution in [2.45, 2.75) is 26.8 Å². The maximum atomic E-state index is 10.9. The van der Waals surface area contributed by atoms with Crippen LogP contribution in [0.3, 0.4) is 0 Å². The number of nitrogens with zero attached hydrogens (tertiary/aromatic N) is 1. The number of amides is 1. The molecule has 108 valence electrons. The fraction of sp³-hybridized carbons (Fsp3) is 0.500. The molecule has 0 bridgehead atoms. The smallest absolute Gasteiger partial charge is 0.284 e. The van der Waals surface area contributed by atoms with Gasteiger partial charge in [-0.05, 0) is 25.5 Å². The van der Waals surface area contributed by atoms with Gasteiger partial charge in [0.1, 0.15) is 12.3 Å². The molecule has 0 aliphatic heterocycles. The third-order valence-electron chi connectivity index (χ3n) is 2.18.